The molecule has 1 fully saturated rings. The van der Waals surface area contributed by atoms with Gasteiger partial charge in [-0.15, -0.1) is 0 Å². The molecule has 7 heteroatoms. The van der Waals surface area contributed by atoms with Crippen LogP contribution in [-0.2, 0) is 9.59 Å². The summed E-state index contributed by atoms with van der Waals surface area (Å²) < 4.78 is 5.11. The number of aryl methyl sites for hydroxylation is 3. The Bertz CT molecular complexity index is 1090. The molecule has 1 amide bonds. The van der Waals surface area contributed by atoms with Gasteiger partial charge in [0.2, 0.25) is 0 Å². The molecule has 1 unspecified atom stereocenters. The van der Waals surface area contributed by atoms with E-state index in [9.17, 15) is 14.7 Å². The second kappa shape index (κ2) is 6.53. The summed E-state index contributed by atoms with van der Waals surface area (Å²) in [6, 6.07) is 9.87. The van der Waals surface area contributed by atoms with Crippen LogP contribution in [0.1, 0.15) is 34.2 Å². The molecule has 1 aliphatic rings. The van der Waals surface area contributed by atoms with Crippen molar-refractivity contribution >= 4 is 23.3 Å². The predicted octanol–water partition coefficient (Wildman–Crippen LogP) is 3.55. The number of nitrogens with zero attached hydrogens (tertiary/aromatic N) is 2. The van der Waals surface area contributed by atoms with Gasteiger partial charge < -0.3 is 14.6 Å². The standard InChI is InChI=1S/C21H19N3O4/c1-11-10-22-13(3)16(11)19(25)17-18(14-7-5-4-6-8-14)24(21(27)20(17)26)15-9-12(2)28-23-15/h4-10,18,22,25H,1-3H3/b19-17+. The summed E-state index contributed by atoms with van der Waals surface area (Å²) in [5.41, 5.74) is 2.74. The molecule has 0 bridgehead atoms. The van der Waals surface area contributed by atoms with E-state index in [1.807, 2.05) is 25.1 Å². The van der Waals surface area contributed by atoms with Crippen molar-refractivity contribution in [2.75, 3.05) is 4.90 Å². The van der Waals surface area contributed by atoms with Crippen molar-refractivity contribution in [2.24, 2.45) is 0 Å². The van der Waals surface area contributed by atoms with Gasteiger partial charge in [0, 0.05) is 23.5 Å². The van der Waals surface area contributed by atoms with E-state index >= 15 is 0 Å². The average molecular weight is 377 g/mol. The molecule has 0 aliphatic carbocycles. The van der Waals surface area contributed by atoms with Gasteiger partial charge in [-0.1, -0.05) is 35.5 Å². The molecule has 0 spiro atoms. The maximum absolute atomic E-state index is 13.0. The lowest BCUT2D eigenvalue weighted by Crippen LogP contribution is -2.29. The molecule has 3 heterocycles. The molecular weight excluding hydrogens is 358 g/mol. The summed E-state index contributed by atoms with van der Waals surface area (Å²) in [6.45, 7) is 5.33. The number of aromatic amines is 1. The molecule has 1 aliphatic heterocycles. The van der Waals surface area contributed by atoms with Gasteiger partial charge in [-0.05, 0) is 31.9 Å². The minimum Gasteiger partial charge on any atom is -0.507 e. The first-order valence-electron chi connectivity index (χ1n) is 8.84. The van der Waals surface area contributed by atoms with Crippen molar-refractivity contribution in [2.45, 2.75) is 26.8 Å². The number of ketones is 1. The number of amides is 1. The van der Waals surface area contributed by atoms with Crippen molar-refractivity contribution < 1.29 is 19.2 Å². The highest BCUT2D eigenvalue weighted by Gasteiger charge is 2.48. The van der Waals surface area contributed by atoms with Crippen molar-refractivity contribution in [1.82, 2.24) is 10.1 Å². The van der Waals surface area contributed by atoms with Gasteiger partial charge in [0.15, 0.2) is 5.82 Å². The Morgan fingerprint density at radius 2 is 1.89 bits per heavy atom. The fourth-order valence-corrected chi connectivity index (χ4v) is 3.64. The average Bonchev–Trinajstić information content (AvgIpc) is 3.33. The molecule has 1 saturated heterocycles. The van der Waals surface area contributed by atoms with Gasteiger partial charge in [0.05, 0.1) is 11.6 Å². The quantitative estimate of drug-likeness (QED) is 0.413. The highest BCUT2D eigenvalue weighted by molar-refractivity contribution is 6.51. The number of rotatable bonds is 3. The van der Waals surface area contributed by atoms with Crippen LogP contribution in [0.15, 0.2) is 52.7 Å². The van der Waals surface area contributed by atoms with Crippen LogP contribution in [0.3, 0.4) is 0 Å². The molecule has 2 N–H and O–H groups in total. The molecule has 4 rings (SSSR count). The Morgan fingerprint density at radius 1 is 1.18 bits per heavy atom. The first kappa shape index (κ1) is 17.8. The van der Waals surface area contributed by atoms with Crippen molar-refractivity contribution in [3.05, 3.63) is 76.3 Å². The summed E-state index contributed by atoms with van der Waals surface area (Å²) in [6.07, 6.45) is 1.75. The van der Waals surface area contributed by atoms with Crippen LogP contribution >= 0.6 is 0 Å². The third kappa shape index (κ3) is 2.63. The maximum atomic E-state index is 13.0. The Labute approximate surface area is 161 Å². The highest BCUT2D eigenvalue weighted by atomic mass is 16.5. The van der Waals surface area contributed by atoms with E-state index in [0.29, 0.717) is 22.6 Å². The lowest BCUT2D eigenvalue weighted by molar-refractivity contribution is -0.132. The third-order valence-corrected chi connectivity index (χ3v) is 4.93. The number of carbonyl (C=O) groups is 2. The minimum atomic E-state index is -0.806. The summed E-state index contributed by atoms with van der Waals surface area (Å²) in [4.78, 5) is 30.2. The molecule has 0 saturated carbocycles. The van der Waals surface area contributed by atoms with Crippen molar-refractivity contribution in [3.63, 3.8) is 0 Å². The van der Waals surface area contributed by atoms with Crippen LogP contribution in [0.4, 0.5) is 5.82 Å². The number of aliphatic hydroxyl groups excluding tert-OH is 1. The molecule has 28 heavy (non-hydrogen) atoms. The Balaban J connectivity index is 1.98. The number of benzene rings is 1. The summed E-state index contributed by atoms with van der Waals surface area (Å²) in [5, 5.41) is 15.0. The second-order valence-electron chi connectivity index (χ2n) is 6.85. The van der Waals surface area contributed by atoms with Gasteiger partial charge in [0.1, 0.15) is 11.5 Å². The first-order chi connectivity index (χ1) is 13.4. The van der Waals surface area contributed by atoms with E-state index < -0.39 is 17.7 Å². The second-order valence-corrected chi connectivity index (χ2v) is 6.85. The van der Waals surface area contributed by atoms with Crippen LogP contribution in [0.2, 0.25) is 0 Å². The van der Waals surface area contributed by atoms with E-state index in [4.69, 9.17) is 4.52 Å². The fourth-order valence-electron chi connectivity index (χ4n) is 3.64. The molecular formula is C21H19N3O4. The third-order valence-electron chi connectivity index (χ3n) is 4.93. The number of Topliss-reactive ketones (excluding diaryl/α,β-unsaturated/α-hetero) is 1. The van der Waals surface area contributed by atoms with Crippen LogP contribution in [0.5, 0.6) is 0 Å². The Hall–Kier alpha value is -3.61. The summed E-state index contributed by atoms with van der Waals surface area (Å²) in [5.74, 6) is -0.969. The van der Waals surface area contributed by atoms with E-state index in [1.165, 1.54) is 4.90 Å². The van der Waals surface area contributed by atoms with Gasteiger partial charge in [-0.3, -0.25) is 14.5 Å². The number of anilines is 1. The van der Waals surface area contributed by atoms with Crippen molar-refractivity contribution in [3.8, 4) is 0 Å². The van der Waals surface area contributed by atoms with Crippen LogP contribution < -0.4 is 4.90 Å². The number of aliphatic hydroxyl groups is 1. The minimum absolute atomic E-state index is 0.0302. The normalized spacial score (nSPS) is 18.8. The van der Waals surface area contributed by atoms with Crippen LogP contribution in [-0.4, -0.2) is 26.9 Å². The number of hydrogen-bond donors (Lipinski definition) is 2. The first-order valence-corrected chi connectivity index (χ1v) is 8.84. The number of H-pyrrole nitrogens is 1. The molecule has 7 nitrogen and oxygen atoms in total. The van der Waals surface area contributed by atoms with E-state index in [0.717, 1.165) is 5.56 Å². The Morgan fingerprint density at radius 3 is 2.46 bits per heavy atom. The van der Waals surface area contributed by atoms with Gasteiger partial charge >= 0.3 is 5.91 Å². The summed E-state index contributed by atoms with van der Waals surface area (Å²) >= 11 is 0. The lowest BCUT2D eigenvalue weighted by Gasteiger charge is -2.22. The number of aromatic nitrogens is 2. The number of hydrogen-bond acceptors (Lipinski definition) is 5. The van der Waals surface area contributed by atoms with E-state index in [-0.39, 0.29) is 17.2 Å². The number of nitrogens with one attached hydrogen (secondary N) is 1. The van der Waals surface area contributed by atoms with Crippen molar-refractivity contribution in [1.29, 1.82) is 0 Å². The smallest absolute Gasteiger partial charge is 0.301 e. The van der Waals surface area contributed by atoms with E-state index in [1.54, 1.807) is 38.2 Å². The molecule has 1 aromatic carbocycles. The van der Waals surface area contributed by atoms with Gasteiger partial charge in [-0.2, -0.15) is 0 Å². The molecule has 142 valence electrons. The maximum Gasteiger partial charge on any atom is 0.301 e. The topological polar surface area (TPSA) is 99.4 Å². The Kier molecular flexibility index (Phi) is 4.15. The predicted molar refractivity (Wildman–Crippen MR) is 103 cm³/mol. The SMILES string of the molecule is Cc1cc(N2C(=O)C(=O)/C(=C(/O)c3c(C)c[nH]c3C)C2c2ccccc2)no1. The monoisotopic (exact) mass is 377 g/mol. The zero-order valence-electron chi connectivity index (χ0n) is 15.7. The highest BCUT2D eigenvalue weighted by Crippen LogP contribution is 2.42. The van der Waals surface area contributed by atoms with Gasteiger partial charge in [-0.25, -0.2) is 0 Å². The van der Waals surface area contributed by atoms with Crippen LogP contribution in [0.25, 0.3) is 5.76 Å². The van der Waals surface area contributed by atoms with E-state index in [2.05, 4.69) is 10.1 Å². The molecule has 1 atom stereocenters. The zero-order chi connectivity index (χ0) is 20.0. The fraction of sp³-hybridized carbons (Fsp3) is 0.190. The summed E-state index contributed by atoms with van der Waals surface area (Å²) in [7, 11) is 0. The van der Waals surface area contributed by atoms with Gasteiger partial charge in [0.25, 0.3) is 5.78 Å². The van der Waals surface area contributed by atoms with Crippen LogP contribution in [0, 0.1) is 20.8 Å². The zero-order valence-corrected chi connectivity index (χ0v) is 15.7. The lowest BCUT2D eigenvalue weighted by atomic mass is 9.94. The molecule has 2 aromatic heterocycles. The largest absolute Gasteiger partial charge is 0.507 e. The number of carbonyl (C=O) groups excluding carboxylic acids is 2. The molecule has 3 aromatic rings. The molecule has 0 radical (unpaired) electrons.